The second-order valence-corrected chi connectivity index (χ2v) is 9.55. The minimum atomic E-state index is -0.252. The Morgan fingerprint density at radius 1 is 0.676 bits per heavy atom. The topological polar surface area (TPSA) is 57.2 Å². The molecule has 2 aliphatic heterocycles. The highest BCUT2D eigenvalue weighted by molar-refractivity contribution is 5.28. The smallest absolute Gasteiger partial charge is 0.199 e. The van der Waals surface area contributed by atoms with Crippen LogP contribution in [0.15, 0.2) is 48.5 Å². The maximum atomic E-state index is 10.4. The summed E-state index contributed by atoms with van der Waals surface area (Å²) in [4.78, 5) is 0. The van der Waals surface area contributed by atoms with Gasteiger partial charge in [0.15, 0.2) is 12.6 Å². The Hall–Kier alpha value is -2.08. The highest BCUT2D eigenvalue weighted by Crippen LogP contribution is 2.22. The molecular formula is C29H40O5. The summed E-state index contributed by atoms with van der Waals surface area (Å²) in [6.07, 6.45) is 11.7. The number of ether oxygens (including phenoxy) is 4. The fraction of sp³-hybridized carbons (Fsp3) is 0.586. The van der Waals surface area contributed by atoms with Gasteiger partial charge in [0.05, 0.1) is 19.3 Å². The van der Waals surface area contributed by atoms with Crippen LogP contribution in [0.3, 0.4) is 0 Å². The van der Waals surface area contributed by atoms with Crippen molar-refractivity contribution in [3.8, 4) is 11.5 Å². The number of unbranched alkanes of at least 4 members (excludes halogenated alkanes) is 1. The summed E-state index contributed by atoms with van der Waals surface area (Å²) in [5.74, 6) is 1.74. The fourth-order valence-electron chi connectivity index (χ4n) is 4.57. The van der Waals surface area contributed by atoms with Crippen molar-refractivity contribution in [3.05, 3.63) is 59.7 Å². The number of aliphatic hydroxyl groups excluding tert-OH is 1. The van der Waals surface area contributed by atoms with Crippen LogP contribution in [0.2, 0.25) is 0 Å². The minimum absolute atomic E-state index is 0.0940. The summed E-state index contributed by atoms with van der Waals surface area (Å²) in [6, 6.07) is 16.6. The molecule has 0 bridgehead atoms. The lowest BCUT2D eigenvalue weighted by atomic mass is 10.0. The van der Waals surface area contributed by atoms with E-state index in [1.807, 2.05) is 24.3 Å². The third-order valence-corrected chi connectivity index (χ3v) is 6.68. The Balaban J connectivity index is 1.07. The highest BCUT2D eigenvalue weighted by Gasteiger charge is 2.16. The molecule has 0 amide bonds. The lowest BCUT2D eigenvalue weighted by molar-refractivity contribution is -0.106. The standard InChI is InChI=1S/C29H40O5/c30-25(16-11-24-14-19-27(20-15-24)34-29-10-4-6-22-32-29)8-2-1-7-23-12-17-26(18-13-23)33-28-9-3-5-21-31-28/h12-15,17-20,25,28-30H,1-11,16,21-22H2. The van der Waals surface area contributed by atoms with E-state index in [0.717, 1.165) is 95.3 Å². The van der Waals surface area contributed by atoms with Crippen LogP contribution in [0.1, 0.15) is 75.3 Å². The van der Waals surface area contributed by atoms with Crippen molar-refractivity contribution in [3.63, 3.8) is 0 Å². The van der Waals surface area contributed by atoms with Gasteiger partial charge < -0.3 is 24.1 Å². The van der Waals surface area contributed by atoms with E-state index in [4.69, 9.17) is 18.9 Å². The van der Waals surface area contributed by atoms with Crippen molar-refractivity contribution in [1.82, 2.24) is 0 Å². The summed E-state index contributed by atoms with van der Waals surface area (Å²) in [5, 5.41) is 10.4. The van der Waals surface area contributed by atoms with Crippen molar-refractivity contribution < 1.29 is 24.1 Å². The Bertz CT molecular complexity index is 807. The average Bonchev–Trinajstić information content (AvgIpc) is 2.88. The SMILES string of the molecule is OC(CCCCc1ccc(OC2CCCCO2)cc1)CCc1ccc(OC2CCCCO2)cc1. The van der Waals surface area contributed by atoms with Crippen molar-refractivity contribution in [2.45, 2.75) is 95.7 Å². The van der Waals surface area contributed by atoms with Gasteiger partial charge >= 0.3 is 0 Å². The third-order valence-electron chi connectivity index (χ3n) is 6.68. The zero-order valence-electron chi connectivity index (χ0n) is 20.3. The molecule has 0 saturated carbocycles. The lowest BCUT2D eigenvalue weighted by Gasteiger charge is -2.23. The zero-order chi connectivity index (χ0) is 23.4. The molecule has 2 aromatic carbocycles. The number of hydrogen-bond donors (Lipinski definition) is 1. The van der Waals surface area contributed by atoms with E-state index in [1.54, 1.807) is 0 Å². The van der Waals surface area contributed by atoms with Gasteiger partial charge in [-0.15, -0.1) is 0 Å². The second kappa shape index (κ2) is 13.7. The van der Waals surface area contributed by atoms with Crippen LogP contribution in [-0.2, 0) is 22.3 Å². The van der Waals surface area contributed by atoms with Crippen LogP contribution in [0.25, 0.3) is 0 Å². The van der Waals surface area contributed by atoms with Crippen LogP contribution in [0.5, 0.6) is 11.5 Å². The molecule has 0 spiro atoms. The van der Waals surface area contributed by atoms with Gasteiger partial charge in [-0.05, 0) is 93.2 Å². The molecule has 2 saturated heterocycles. The number of rotatable bonds is 12. The molecule has 34 heavy (non-hydrogen) atoms. The van der Waals surface area contributed by atoms with E-state index >= 15 is 0 Å². The molecule has 186 valence electrons. The molecule has 5 heteroatoms. The molecule has 3 atom stereocenters. The lowest BCUT2D eigenvalue weighted by Crippen LogP contribution is -2.24. The molecule has 2 aliphatic rings. The summed E-state index contributed by atoms with van der Waals surface area (Å²) in [7, 11) is 0. The summed E-state index contributed by atoms with van der Waals surface area (Å²) in [6.45, 7) is 1.59. The summed E-state index contributed by atoms with van der Waals surface area (Å²) < 4.78 is 23.1. The van der Waals surface area contributed by atoms with E-state index in [1.165, 1.54) is 17.5 Å². The first-order valence-corrected chi connectivity index (χ1v) is 13.2. The summed E-state index contributed by atoms with van der Waals surface area (Å²) in [5.41, 5.74) is 2.55. The maximum absolute atomic E-state index is 10.4. The molecule has 0 aliphatic carbocycles. The second-order valence-electron chi connectivity index (χ2n) is 9.55. The largest absolute Gasteiger partial charge is 0.465 e. The van der Waals surface area contributed by atoms with Crippen LogP contribution >= 0.6 is 0 Å². The molecule has 2 fully saturated rings. The van der Waals surface area contributed by atoms with Crippen molar-refractivity contribution in [2.75, 3.05) is 13.2 Å². The molecule has 5 nitrogen and oxygen atoms in total. The van der Waals surface area contributed by atoms with E-state index < -0.39 is 0 Å². The average molecular weight is 469 g/mol. The minimum Gasteiger partial charge on any atom is -0.465 e. The molecule has 4 rings (SSSR count). The first kappa shape index (κ1) is 25.0. The normalized spacial score (nSPS) is 21.7. The molecule has 3 unspecified atom stereocenters. The van der Waals surface area contributed by atoms with Crippen LogP contribution < -0.4 is 9.47 Å². The highest BCUT2D eigenvalue weighted by atomic mass is 16.7. The van der Waals surface area contributed by atoms with Gasteiger partial charge in [0.2, 0.25) is 0 Å². The van der Waals surface area contributed by atoms with E-state index in [2.05, 4.69) is 24.3 Å². The Labute approximate surface area is 204 Å². The van der Waals surface area contributed by atoms with Crippen LogP contribution in [0, 0.1) is 0 Å². The number of hydrogen-bond acceptors (Lipinski definition) is 5. The maximum Gasteiger partial charge on any atom is 0.199 e. The first-order chi connectivity index (χ1) is 16.7. The van der Waals surface area contributed by atoms with Crippen LogP contribution in [-0.4, -0.2) is 37.0 Å². The van der Waals surface area contributed by atoms with Gasteiger partial charge in [-0.25, -0.2) is 0 Å². The fourth-order valence-corrected chi connectivity index (χ4v) is 4.57. The molecule has 2 aromatic rings. The van der Waals surface area contributed by atoms with Crippen LogP contribution in [0.4, 0.5) is 0 Å². The van der Waals surface area contributed by atoms with E-state index in [9.17, 15) is 5.11 Å². The molecular weight excluding hydrogens is 428 g/mol. The van der Waals surface area contributed by atoms with Gasteiger partial charge in [0.1, 0.15) is 11.5 Å². The first-order valence-electron chi connectivity index (χ1n) is 13.2. The molecule has 0 radical (unpaired) electrons. The third kappa shape index (κ3) is 8.61. The van der Waals surface area contributed by atoms with Crippen molar-refractivity contribution in [1.29, 1.82) is 0 Å². The predicted molar refractivity (Wildman–Crippen MR) is 133 cm³/mol. The van der Waals surface area contributed by atoms with Gasteiger partial charge in [0, 0.05) is 12.8 Å². The molecule has 0 aromatic heterocycles. The van der Waals surface area contributed by atoms with Crippen molar-refractivity contribution in [2.24, 2.45) is 0 Å². The Morgan fingerprint density at radius 2 is 1.21 bits per heavy atom. The van der Waals surface area contributed by atoms with Gasteiger partial charge in [0.25, 0.3) is 0 Å². The monoisotopic (exact) mass is 468 g/mol. The Morgan fingerprint density at radius 3 is 1.71 bits per heavy atom. The van der Waals surface area contributed by atoms with Gasteiger partial charge in [-0.2, -0.15) is 0 Å². The zero-order valence-corrected chi connectivity index (χ0v) is 20.3. The quantitative estimate of drug-likeness (QED) is 0.376. The van der Waals surface area contributed by atoms with Gasteiger partial charge in [-0.1, -0.05) is 30.7 Å². The predicted octanol–water partition coefficient (Wildman–Crippen LogP) is 6.20. The number of aliphatic hydroxyl groups is 1. The summed E-state index contributed by atoms with van der Waals surface area (Å²) >= 11 is 0. The number of aryl methyl sites for hydroxylation is 2. The van der Waals surface area contributed by atoms with E-state index in [-0.39, 0.29) is 18.7 Å². The number of benzene rings is 2. The van der Waals surface area contributed by atoms with E-state index in [0.29, 0.717) is 0 Å². The van der Waals surface area contributed by atoms with Crippen molar-refractivity contribution >= 4 is 0 Å². The Kier molecular flexibility index (Phi) is 10.1. The van der Waals surface area contributed by atoms with Gasteiger partial charge in [-0.3, -0.25) is 0 Å². The molecule has 1 N–H and O–H groups in total. The molecule has 2 heterocycles.